The number of hydrogen-bond donors (Lipinski definition) is 1. The number of amides is 2. The second-order valence-corrected chi connectivity index (χ2v) is 9.29. The Morgan fingerprint density at radius 3 is 2.35 bits per heavy atom. The Morgan fingerprint density at radius 2 is 1.74 bits per heavy atom. The number of hydrogen-bond acceptors (Lipinski definition) is 5. The summed E-state index contributed by atoms with van der Waals surface area (Å²) >= 11 is 0. The van der Waals surface area contributed by atoms with Crippen LogP contribution in [-0.4, -0.2) is 44.2 Å². The van der Waals surface area contributed by atoms with Gasteiger partial charge in [0, 0.05) is 11.6 Å². The van der Waals surface area contributed by atoms with Crippen molar-refractivity contribution in [2.75, 3.05) is 13.7 Å². The number of sulfonamides is 1. The Balaban J connectivity index is 1.66. The predicted octanol–water partition coefficient (Wildman–Crippen LogP) is 2.74. The fourth-order valence-corrected chi connectivity index (χ4v) is 5.28. The molecule has 0 aromatic heterocycles. The molecule has 2 aromatic carbocycles. The van der Waals surface area contributed by atoms with Crippen LogP contribution < -0.4 is 10.1 Å². The van der Waals surface area contributed by atoms with E-state index in [-0.39, 0.29) is 16.5 Å². The highest BCUT2D eigenvalue weighted by Gasteiger charge is 2.43. The number of carbonyl (C=O) groups excluding carboxylic acids is 2. The predicted molar refractivity (Wildman–Crippen MR) is 119 cm³/mol. The Kier molecular flexibility index (Phi) is 6.80. The van der Waals surface area contributed by atoms with Crippen molar-refractivity contribution in [3.8, 4) is 5.75 Å². The highest BCUT2D eigenvalue weighted by Crippen LogP contribution is 2.35. The van der Waals surface area contributed by atoms with Crippen LogP contribution >= 0.6 is 0 Å². The quantitative estimate of drug-likeness (QED) is 0.679. The van der Waals surface area contributed by atoms with Crippen LogP contribution in [0.15, 0.2) is 60.2 Å². The molecule has 1 aliphatic heterocycles. The number of carbonyl (C=O) groups is 2. The first-order valence-electron chi connectivity index (χ1n) is 9.99. The Hall–Kier alpha value is -3.13. The Bertz CT molecular complexity index is 1090. The summed E-state index contributed by atoms with van der Waals surface area (Å²) in [5, 5.41) is 2.79. The van der Waals surface area contributed by atoms with E-state index in [1.54, 1.807) is 24.3 Å². The smallest absolute Gasteiger partial charge is 0.268 e. The molecule has 0 unspecified atom stereocenters. The van der Waals surface area contributed by atoms with Crippen LogP contribution in [0, 0.1) is 0 Å². The fraction of sp³-hybridized carbons (Fsp3) is 0.304. The number of benzene rings is 2. The first kappa shape index (κ1) is 22.6. The number of ether oxygens (including phenoxy) is 1. The molecule has 1 aliphatic rings. The lowest BCUT2D eigenvalue weighted by atomic mass is 10.1. The molecule has 1 N–H and O–H groups in total. The molecule has 31 heavy (non-hydrogen) atoms. The summed E-state index contributed by atoms with van der Waals surface area (Å²) in [5.41, 5.74) is 1.63. The van der Waals surface area contributed by atoms with Gasteiger partial charge in [0.25, 0.3) is 15.9 Å². The molecule has 0 radical (unpaired) electrons. The summed E-state index contributed by atoms with van der Waals surface area (Å²) in [6, 6.07) is 16.1. The molecule has 7 nitrogen and oxygen atoms in total. The van der Waals surface area contributed by atoms with Gasteiger partial charge in [-0.25, -0.2) is 12.7 Å². The number of rotatable bonds is 8. The molecule has 8 heteroatoms. The summed E-state index contributed by atoms with van der Waals surface area (Å²) < 4.78 is 31.8. The van der Waals surface area contributed by atoms with Crippen LogP contribution in [0.4, 0.5) is 0 Å². The standard InChI is InChI=1S/C23H26N2O5S/c1-16(9-10-18-7-5-4-6-8-18)24-21(26)15-25-23(27)17(2)22(31(25,28)29)19-11-13-20(30-3)14-12-19/h4-8,11-14,16H,9-10,15H2,1-3H3,(H,24,26)/t16-/m0/s1. The van der Waals surface area contributed by atoms with Gasteiger partial charge < -0.3 is 10.1 Å². The van der Waals surface area contributed by atoms with Crippen molar-refractivity contribution in [1.29, 1.82) is 0 Å². The Morgan fingerprint density at radius 1 is 1.10 bits per heavy atom. The van der Waals surface area contributed by atoms with E-state index in [4.69, 9.17) is 4.74 Å². The first-order chi connectivity index (χ1) is 14.7. The molecule has 0 saturated heterocycles. The number of aryl methyl sites for hydroxylation is 1. The largest absolute Gasteiger partial charge is 0.497 e. The van der Waals surface area contributed by atoms with Crippen LogP contribution in [0.3, 0.4) is 0 Å². The normalized spacial score (nSPS) is 16.4. The van der Waals surface area contributed by atoms with Crippen LogP contribution in [0.5, 0.6) is 5.75 Å². The SMILES string of the molecule is COc1ccc(C2=C(C)C(=O)N(CC(=O)N[C@@H](C)CCc3ccccc3)S2(=O)=O)cc1. The molecule has 0 spiro atoms. The van der Waals surface area contributed by atoms with Gasteiger partial charge in [-0.05, 0) is 62.1 Å². The van der Waals surface area contributed by atoms with Gasteiger partial charge >= 0.3 is 0 Å². The van der Waals surface area contributed by atoms with Crippen molar-refractivity contribution < 1.29 is 22.7 Å². The zero-order valence-electron chi connectivity index (χ0n) is 17.8. The molecule has 0 fully saturated rings. The average Bonchev–Trinajstić information content (AvgIpc) is 2.92. The van der Waals surface area contributed by atoms with Gasteiger partial charge in [0.1, 0.15) is 17.2 Å². The number of nitrogens with one attached hydrogen (secondary N) is 1. The van der Waals surface area contributed by atoms with Gasteiger partial charge in [-0.2, -0.15) is 0 Å². The minimum Gasteiger partial charge on any atom is -0.497 e. The molecular formula is C23H26N2O5S. The third-order valence-corrected chi connectivity index (χ3v) is 7.12. The van der Waals surface area contributed by atoms with Crippen molar-refractivity contribution in [3.63, 3.8) is 0 Å². The lowest BCUT2D eigenvalue weighted by Gasteiger charge is -2.19. The molecule has 1 atom stereocenters. The second-order valence-electron chi connectivity index (χ2n) is 7.49. The van der Waals surface area contributed by atoms with E-state index in [1.165, 1.54) is 14.0 Å². The van der Waals surface area contributed by atoms with Gasteiger partial charge in [-0.15, -0.1) is 0 Å². The summed E-state index contributed by atoms with van der Waals surface area (Å²) in [6.45, 7) is 2.76. The lowest BCUT2D eigenvalue weighted by Crippen LogP contribution is -2.43. The van der Waals surface area contributed by atoms with Gasteiger partial charge in [-0.1, -0.05) is 30.3 Å². The van der Waals surface area contributed by atoms with Gasteiger partial charge in [0.2, 0.25) is 5.91 Å². The van der Waals surface area contributed by atoms with Crippen molar-refractivity contribution in [3.05, 3.63) is 71.3 Å². The van der Waals surface area contributed by atoms with E-state index in [1.807, 2.05) is 37.3 Å². The molecule has 1 heterocycles. The summed E-state index contributed by atoms with van der Waals surface area (Å²) in [7, 11) is -2.61. The highest BCUT2D eigenvalue weighted by atomic mass is 32.2. The van der Waals surface area contributed by atoms with E-state index < -0.39 is 28.4 Å². The molecule has 2 amide bonds. The minimum atomic E-state index is -4.12. The maximum Gasteiger partial charge on any atom is 0.268 e. The average molecular weight is 443 g/mol. The molecule has 0 bridgehead atoms. The topological polar surface area (TPSA) is 92.8 Å². The Labute approximate surface area is 182 Å². The third kappa shape index (κ3) is 4.96. The van der Waals surface area contributed by atoms with E-state index in [0.717, 1.165) is 12.0 Å². The van der Waals surface area contributed by atoms with Crippen LogP contribution in [0.1, 0.15) is 31.4 Å². The minimum absolute atomic E-state index is 0.0786. The van der Waals surface area contributed by atoms with Crippen molar-refractivity contribution >= 4 is 26.7 Å². The third-order valence-electron chi connectivity index (χ3n) is 5.19. The molecule has 0 saturated carbocycles. The van der Waals surface area contributed by atoms with E-state index in [9.17, 15) is 18.0 Å². The van der Waals surface area contributed by atoms with Crippen LogP contribution in [-0.2, 0) is 26.0 Å². The maximum atomic E-state index is 13.0. The van der Waals surface area contributed by atoms with Gasteiger partial charge in [0.15, 0.2) is 0 Å². The van der Waals surface area contributed by atoms with Crippen LogP contribution in [0.2, 0.25) is 0 Å². The summed E-state index contributed by atoms with van der Waals surface area (Å²) in [5.74, 6) is -0.622. The first-order valence-corrected chi connectivity index (χ1v) is 11.4. The van der Waals surface area contributed by atoms with Crippen molar-refractivity contribution in [2.45, 2.75) is 32.7 Å². The fourth-order valence-electron chi connectivity index (χ4n) is 3.51. The number of methoxy groups -OCH3 is 1. The molecule has 0 aliphatic carbocycles. The van der Waals surface area contributed by atoms with Gasteiger partial charge in [-0.3, -0.25) is 9.59 Å². The number of nitrogens with zero attached hydrogens (tertiary/aromatic N) is 1. The van der Waals surface area contributed by atoms with E-state index >= 15 is 0 Å². The zero-order chi connectivity index (χ0) is 22.6. The monoisotopic (exact) mass is 442 g/mol. The highest BCUT2D eigenvalue weighted by molar-refractivity contribution is 7.99. The maximum absolute atomic E-state index is 13.0. The zero-order valence-corrected chi connectivity index (χ0v) is 18.6. The van der Waals surface area contributed by atoms with Crippen molar-refractivity contribution in [1.82, 2.24) is 9.62 Å². The molecule has 3 rings (SSSR count). The lowest BCUT2D eigenvalue weighted by molar-refractivity contribution is -0.128. The second kappa shape index (κ2) is 9.34. The van der Waals surface area contributed by atoms with Gasteiger partial charge in [0.05, 0.1) is 7.11 Å². The molecule has 164 valence electrons. The van der Waals surface area contributed by atoms with Crippen molar-refractivity contribution in [2.24, 2.45) is 0 Å². The van der Waals surface area contributed by atoms with E-state index in [0.29, 0.717) is 22.0 Å². The van der Waals surface area contributed by atoms with Crippen LogP contribution in [0.25, 0.3) is 4.91 Å². The summed E-state index contributed by atoms with van der Waals surface area (Å²) in [4.78, 5) is 25.0. The van der Waals surface area contributed by atoms with E-state index in [2.05, 4.69) is 5.32 Å². The summed E-state index contributed by atoms with van der Waals surface area (Å²) in [6.07, 6.45) is 1.48. The molecular weight excluding hydrogens is 416 g/mol. The molecule has 2 aromatic rings.